The minimum atomic E-state index is -0.351. The second kappa shape index (κ2) is 23.8. The first-order chi connectivity index (χ1) is 38.0. The van der Waals surface area contributed by atoms with Crippen molar-refractivity contribution in [3.63, 3.8) is 0 Å². The highest BCUT2D eigenvalue weighted by Crippen LogP contribution is 2.47. The zero-order valence-corrected chi connectivity index (χ0v) is 44.3. The molecule has 78 heavy (non-hydrogen) atoms. The van der Waals surface area contributed by atoms with E-state index in [1.54, 1.807) is 14.7 Å². The number of hydrogen-bond donors (Lipinski definition) is 3. The predicted octanol–water partition coefficient (Wildman–Crippen LogP) is 10.5. The molecule has 3 heterocycles. The number of nitrogens with zero attached hydrogens (tertiary/aromatic N) is 4. The van der Waals surface area contributed by atoms with Gasteiger partial charge in [0.2, 0.25) is 11.8 Å². The molecule has 6 aliphatic rings. The van der Waals surface area contributed by atoms with E-state index >= 15 is 0 Å². The molecule has 12 rings (SSSR count). The van der Waals surface area contributed by atoms with E-state index in [1.165, 1.54) is 66.8 Å². The fourth-order valence-electron chi connectivity index (χ4n) is 11.8. The van der Waals surface area contributed by atoms with Gasteiger partial charge in [0.05, 0.1) is 5.71 Å². The SMILES string of the molecule is CC1C/C(=N/O)CCN1C(=O)OCC1c2ccccc2-c2ccccc21.CC1CC(=O)NCCN1C(=O)OCC1c2ccccc2-c2ccccc21.CC1CNC(=O)CCN1C(=O)OCC1c2ccccc2-c2ccccc21. The van der Waals surface area contributed by atoms with Crippen LogP contribution in [0.2, 0.25) is 0 Å². The zero-order chi connectivity index (χ0) is 54.3. The minimum absolute atomic E-state index is 0.0218. The normalized spacial score (nSPS) is 19.8. The number of likely N-dealkylation sites (tertiary alicyclic amines) is 1. The minimum Gasteiger partial charge on any atom is -0.448 e. The van der Waals surface area contributed by atoms with Gasteiger partial charge < -0.3 is 44.8 Å². The fraction of sp³-hybridized carbons (Fsp3) is 0.333. The Kier molecular flexibility index (Phi) is 16.2. The van der Waals surface area contributed by atoms with Crippen LogP contribution < -0.4 is 10.6 Å². The van der Waals surface area contributed by atoms with Gasteiger partial charge in [0, 0.05) is 94.3 Å². The Balaban J connectivity index is 0.000000132. The van der Waals surface area contributed by atoms with Crippen molar-refractivity contribution in [1.29, 1.82) is 0 Å². The first kappa shape index (κ1) is 53.0. The molecule has 3 unspecified atom stereocenters. The summed E-state index contributed by atoms with van der Waals surface area (Å²) in [6, 6.07) is 49.5. The van der Waals surface area contributed by atoms with E-state index in [9.17, 15) is 24.0 Å². The summed E-state index contributed by atoms with van der Waals surface area (Å²) >= 11 is 0. The number of amides is 5. The summed E-state index contributed by atoms with van der Waals surface area (Å²) in [4.78, 5) is 66.0. The van der Waals surface area contributed by atoms with Crippen molar-refractivity contribution in [2.75, 3.05) is 52.5 Å². The molecule has 0 radical (unpaired) electrons. The van der Waals surface area contributed by atoms with Crippen LogP contribution in [0.25, 0.3) is 33.4 Å². The lowest BCUT2D eigenvalue weighted by molar-refractivity contribution is -0.121. The molecule has 3 atom stereocenters. The summed E-state index contributed by atoms with van der Waals surface area (Å²) in [5.74, 6) is 0.125. The smallest absolute Gasteiger partial charge is 0.410 e. The average Bonchev–Trinajstić information content (AvgIpc) is 4.07. The predicted molar refractivity (Wildman–Crippen MR) is 297 cm³/mol. The molecule has 6 aromatic carbocycles. The molecular weight excluding hydrogens is 985 g/mol. The summed E-state index contributed by atoms with van der Waals surface area (Å²) < 4.78 is 17.1. The molecule has 3 aliphatic heterocycles. The first-order valence-corrected chi connectivity index (χ1v) is 27.1. The van der Waals surface area contributed by atoms with Gasteiger partial charge in [-0.2, -0.15) is 0 Å². The first-order valence-electron chi connectivity index (χ1n) is 27.1. The highest BCUT2D eigenvalue weighted by molar-refractivity contribution is 5.87. The van der Waals surface area contributed by atoms with E-state index in [2.05, 4.69) is 88.6 Å². The van der Waals surface area contributed by atoms with Crippen LogP contribution in [-0.4, -0.2) is 126 Å². The molecule has 0 spiro atoms. The van der Waals surface area contributed by atoms with Gasteiger partial charge in [-0.3, -0.25) is 9.59 Å². The Labute approximate surface area is 455 Å². The van der Waals surface area contributed by atoms with Crippen LogP contribution in [0, 0.1) is 0 Å². The number of nitrogens with one attached hydrogen (secondary N) is 2. The Bertz CT molecular complexity index is 2990. The largest absolute Gasteiger partial charge is 0.448 e. The number of piperidine rings is 1. The number of hydrogen-bond acceptors (Lipinski definition) is 10. The van der Waals surface area contributed by atoms with E-state index in [-0.39, 0.29) is 66.0 Å². The molecule has 402 valence electrons. The Morgan fingerprint density at radius 3 is 1.17 bits per heavy atom. The van der Waals surface area contributed by atoms with Crippen LogP contribution in [-0.2, 0) is 23.8 Å². The van der Waals surface area contributed by atoms with Gasteiger partial charge in [-0.05, 0) is 87.5 Å². The third kappa shape index (κ3) is 11.2. The van der Waals surface area contributed by atoms with Gasteiger partial charge in [0.25, 0.3) is 0 Å². The lowest BCUT2D eigenvalue weighted by atomic mass is 9.98. The summed E-state index contributed by atoms with van der Waals surface area (Å²) in [5, 5.41) is 17.8. The van der Waals surface area contributed by atoms with Crippen molar-refractivity contribution in [3.8, 4) is 33.4 Å². The maximum absolute atomic E-state index is 12.6. The molecule has 0 aromatic heterocycles. The molecule has 15 heteroatoms. The standard InChI is InChI=1S/3C21H22N2O3/c1-14-12-15(22-25)10-11-23(14)21(24)26-13-20-18-8-4-2-6-16(18)17-7-3-5-9-19(17)20;1-14-12-20(24)22-10-11-23(14)21(25)26-13-19-17-8-4-2-6-15(17)16-7-3-5-9-18(16)19;1-14-12-22-20(24)10-11-23(14)21(25)26-13-19-17-8-4-2-6-15(17)16-7-3-5-9-18(16)19/h2-9,14,20,25H,10-13H2,1H3;2*2-9,14,19H,10-13H2,1H3,(H,22,24)/b22-15+;;. The van der Waals surface area contributed by atoms with Gasteiger partial charge in [-0.25, -0.2) is 14.4 Å². The number of rotatable bonds is 6. The molecule has 3 aliphatic carbocycles. The summed E-state index contributed by atoms with van der Waals surface area (Å²) in [5.41, 5.74) is 15.2. The lowest BCUT2D eigenvalue weighted by Gasteiger charge is -2.33. The Hall–Kier alpha value is -8.46. The van der Waals surface area contributed by atoms with E-state index in [4.69, 9.17) is 19.4 Å². The summed E-state index contributed by atoms with van der Waals surface area (Å²) in [6.45, 7) is 9.01. The quantitative estimate of drug-likeness (QED) is 0.0831. The monoisotopic (exact) mass is 1050 g/mol. The van der Waals surface area contributed by atoms with E-state index < -0.39 is 0 Å². The van der Waals surface area contributed by atoms with Gasteiger partial charge in [0.15, 0.2) is 0 Å². The van der Waals surface area contributed by atoms with E-state index in [1.807, 2.05) is 93.6 Å². The molecular formula is C63H66N6O9. The third-order valence-electron chi connectivity index (χ3n) is 16.0. The maximum Gasteiger partial charge on any atom is 0.410 e. The number of ether oxygens (including phenoxy) is 3. The van der Waals surface area contributed by atoms with Gasteiger partial charge in [-0.1, -0.05) is 151 Å². The highest BCUT2D eigenvalue weighted by Gasteiger charge is 2.35. The molecule has 3 saturated heterocycles. The average molecular weight is 1050 g/mol. The van der Waals surface area contributed by atoms with Crippen LogP contribution in [0.15, 0.2) is 151 Å². The highest BCUT2D eigenvalue weighted by atomic mass is 16.6. The Morgan fingerprint density at radius 1 is 0.462 bits per heavy atom. The van der Waals surface area contributed by atoms with Crippen LogP contribution >= 0.6 is 0 Å². The second-order valence-electron chi connectivity index (χ2n) is 20.8. The van der Waals surface area contributed by atoms with Gasteiger partial charge in [0.1, 0.15) is 19.8 Å². The van der Waals surface area contributed by atoms with Crippen molar-refractivity contribution in [1.82, 2.24) is 25.3 Å². The van der Waals surface area contributed by atoms with Crippen LogP contribution in [0.3, 0.4) is 0 Å². The van der Waals surface area contributed by atoms with Gasteiger partial charge >= 0.3 is 18.3 Å². The lowest BCUT2D eigenvalue weighted by Crippen LogP contribution is -2.45. The maximum atomic E-state index is 12.6. The number of fused-ring (bicyclic) bond motifs is 9. The third-order valence-corrected chi connectivity index (χ3v) is 16.0. The zero-order valence-electron chi connectivity index (χ0n) is 44.3. The topological polar surface area (TPSA) is 179 Å². The van der Waals surface area contributed by atoms with Crippen LogP contribution in [0.5, 0.6) is 0 Å². The second-order valence-corrected chi connectivity index (χ2v) is 20.8. The van der Waals surface area contributed by atoms with E-state index in [0.717, 1.165) is 5.71 Å². The molecule has 0 saturated carbocycles. The number of benzene rings is 6. The molecule has 6 aromatic rings. The molecule has 5 amide bonds. The van der Waals surface area contributed by atoms with Gasteiger partial charge in [-0.15, -0.1) is 0 Å². The summed E-state index contributed by atoms with van der Waals surface area (Å²) in [7, 11) is 0. The number of carbonyl (C=O) groups is 5. The van der Waals surface area contributed by atoms with Crippen molar-refractivity contribution in [2.45, 2.75) is 82.3 Å². The molecule has 3 fully saturated rings. The van der Waals surface area contributed by atoms with Crippen LogP contribution in [0.4, 0.5) is 14.4 Å². The van der Waals surface area contributed by atoms with Crippen molar-refractivity contribution >= 4 is 35.8 Å². The molecule has 0 bridgehead atoms. The van der Waals surface area contributed by atoms with Crippen molar-refractivity contribution in [3.05, 3.63) is 179 Å². The molecule has 3 N–H and O–H groups in total. The van der Waals surface area contributed by atoms with E-state index in [0.29, 0.717) is 78.2 Å². The number of oxime groups is 1. The van der Waals surface area contributed by atoms with Crippen LogP contribution in [0.1, 0.15) is 97.6 Å². The number of carbonyl (C=O) groups excluding carboxylic acids is 5. The van der Waals surface area contributed by atoms with Crippen molar-refractivity contribution < 1.29 is 43.4 Å². The van der Waals surface area contributed by atoms with Crippen molar-refractivity contribution in [2.24, 2.45) is 5.16 Å². The summed E-state index contributed by atoms with van der Waals surface area (Å²) in [6.07, 6.45) is 0.799. The fourth-order valence-corrected chi connectivity index (χ4v) is 11.8. The Morgan fingerprint density at radius 2 is 0.795 bits per heavy atom. The molecule has 15 nitrogen and oxygen atoms in total.